The van der Waals surface area contributed by atoms with Crippen LogP contribution in [0.4, 0.5) is 0 Å². The van der Waals surface area contributed by atoms with Crippen LogP contribution in [0.3, 0.4) is 0 Å². The van der Waals surface area contributed by atoms with Gasteiger partial charge in [0.1, 0.15) is 0 Å². The summed E-state index contributed by atoms with van der Waals surface area (Å²) in [6.45, 7) is 4.11. The second kappa shape index (κ2) is 4.27. The summed E-state index contributed by atoms with van der Waals surface area (Å²) in [6, 6.07) is 8.17. The van der Waals surface area contributed by atoms with Gasteiger partial charge in [-0.05, 0) is 24.0 Å². The lowest BCUT2D eigenvalue weighted by Gasteiger charge is -2.07. The third-order valence-electron chi connectivity index (χ3n) is 2.16. The Labute approximate surface area is 74.1 Å². The minimum atomic E-state index is -0.295. The molecule has 0 unspecified atom stereocenters. The van der Waals surface area contributed by atoms with E-state index in [1.165, 1.54) is 5.56 Å². The van der Waals surface area contributed by atoms with Gasteiger partial charge in [-0.25, -0.2) is 0 Å². The molecule has 0 aromatic heterocycles. The maximum Gasteiger partial charge on any atom is 0.0787 e. The van der Waals surface area contributed by atoms with E-state index in [9.17, 15) is 5.11 Å². The lowest BCUT2D eigenvalue weighted by atomic mass is 10.0. The van der Waals surface area contributed by atoms with Gasteiger partial charge in [0.25, 0.3) is 0 Å². The van der Waals surface area contributed by atoms with E-state index >= 15 is 0 Å². The number of rotatable bonds is 3. The van der Waals surface area contributed by atoms with Crippen molar-refractivity contribution in [1.29, 1.82) is 0 Å². The van der Waals surface area contributed by atoms with Gasteiger partial charge < -0.3 is 5.11 Å². The summed E-state index contributed by atoms with van der Waals surface area (Å²) < 4.78 is 0. The number of hydrogen-bond acceptors (Lipinski definition) is 1. The molecule has 0 heterocycles. The number of hydrogen-bond donors (Lipinski definition) is 1. The smallest absolute Gasteiger partial charge is 0.0787 e. The molecule has 0 amide bonds. The molecule has 0 aliphatic carbocycles. The van der Waals surface area contributed by atoms with Crippen molar-refractivity contribution in [3.8, 4) is 0 Å². The molecule has 0 aliphatic rings. The van der Waals surface area contributed by atoms with Gasteiger partial charge in [0.15, 0.2) is 0 Å². The van der Waals surface area contributed by atoms with Crippen LogP contribution in [0.25, 0.3) is 0 Å². The lowest BCUT2D eigenvalue weighted by Crippen LogP contribution is -1.94. The van der Waals surface area contributed by atoms with Gasteiger partial charge in [-0.2, -0.15) is 0 Å². The van der Waals surface area contributed by atoms with Crippen LogP contribution in [0.2, 0.25) is 0 Å². The van der Waals surface area contributed by atoms with E-state index in [0.717, 1.165) is 18.4 Å². The second-order valence-corrected chi connectivity index (χ2v) is 3.02. The summed E-state index contributed by atoms with van der Waals surface area (Å²) in [6.07, 6.45) is 1.55. The molecule has 1 atom stereocenters. The molecule has 0 fully saturated rings. The highest BCUT2D eigenvalue weighted by atomic mass is 16.3. The molecule has 1 heteroatoms. The quantitative estimate of drug-likeness (QED) is 0.728. The van der Waals surface area contributed by atoms with Crippen LogP contribution in [0.15, 0.2) is 24.3 Å². The van der Waals surface area contributed by atoms with Gasteiger partial charge >= 0.3 is 0 Å². The molecule has 0 spiro atoms. The zero-order chi connectivity index (χ0) is 8.97. The summed E-state index contributed by atoms with van der Waals surface area (Å²) in [4.78, 5) is 0. The molecule has 0 saturated heterocycles. The van der Waals surface area contributed by atoms with Crippen LogP contribution < -0.4 is 0 Å². The summed E-state index contributed by atoms with van der Waals surface area (Å²) in [5, 5.41) is 9.49. The zero-order valence-electron chi connectivity index (χ0n) is 7.75. The standard InChI is InChI=1S/C11H16O/c1-3-9-5-7-10(8-6-9)11(12)4-2/h5-8,11-12H,3-4H2,1-2H3/t11-/m1/s1. The van der Waals surface area contributed by atoms with E-state index in [0.29, 0.717) is 0 Å². The lowest BCUT2D eigenvalue weighted by molar-refractivity contribution is 0.173. The van der Waals surface area contributed by atoms with Crippen LogP contribution in [-0.4, -0.2) is 5.11 Å². The summed E-state index contributed by atoms with van der Waals surface area (Å²) in [5.41, 5.74) is 2.34. The Morgan fingerprint density at radius 2 is 1.75 bits per heavy atom. The molecule has 1 nitrogen and oxygen atoms in total. The summed E-state index contributed by atoms with van der Waals surface area (Å²) >= 11 is 0. The van der Waals surface area contributed by atoms with Crippen molar-refractivity contribution in [2.45, 2.75) is 32.8 Å². The fourth-order valence-corrected chi connectivity index (χ4v) is 1.21. The topological polar surface area (TPSA) is 20.2 Å². The molecular formula is C11H16O. The van der Waals surface area contributed by atoms with Crippen LogP contribution in [0, 0.1) is 0 Å². The van der Waals surface area contributed by atoms with E-state index in [1.54, 1.807) is 0 Å². The van der Waals surface area contributed by atoms with E-state index in [-0.39, 0.29) is 6.10 Å². The van der Waals surface area contributed by atoms with Crippen molar-refractivity contribution in [3.63, 3.8) is 0 Å². The van der Waals surface area contributed by atoms with Gasteiger partial charge in [0.05, 0.1) is 6.10 Å². The minimum absolute atomic E-state index is 0.295. The van der Waals surface area contributed by atoms with Crippen LogP contribution in [-0.2, 0) is 6.42 Å². The third-order valence-corrected chi connectivity index (χ3v) is 2.16. The van der Waals surface area contributed by atoms with Gasteiger partial charge in [0, 0.05) is 0 Å². The van der Waals surface area contributed by atoms with Gasteiger partial charge in [-0.3, -0.25) is 0 Å². The number of benzene rings is 1. The predicted octanol–water partition coefficient (Wildman–Crippen LogP) is 2.69. The average Bonchev–Trinajstić information content (AvgIpc) is 2.17. The average molecular weight is 164 g/mol. The Kier molecular flexibility index (Phi) is 3.30. The van der Waals surface area contributed by atoms with Crippen molar-refractivity contribution in [3.05, 3.63) is 35.4 Å². The maximum absolute atomic E-state index is 9.49. The molecule has 66 valence electrons. The third kappa shape index (κ3) is 2.08. The largest absolute Gasteiger partial charge is 0.388 e. The Balaban J connectivity index is 2.77. The molecule has 1 aromatic carbocycles. The first-order valence-corrected chi connectivity index (χ1v) is 4.54. The van der Waals surface area contributed by atoms with Crippen molar-refractivity contribution in [1.82, 2.24) is 0 Å². The molecule has 0 bridgehead atoms. The van der Waals surface area contributed by atoms with Crippen LogP contribution in [0.5, 0.6) is 0 Å². The summed E-state index contributed by atoms with van der Waals surface area (Å²) in [7, 11) is 0. The molecule has 1 N–H and O–H groups in total. The predicted molar refractivity (Wildman–Crippen MR) is 51.1 cm³/mol. The Morgan fingerprint density at radius 3 is 2.17 bits per heavy atom. The monoisotopic (exact) mass is 164 g/mol. The van der Waals surface area contributed by atoms with E-state index < -0.39 is 0 Å². The normalized spacial score (nSPS) is 12.9. The second-order valence-electron chi connectivity index (χ2n) is 3.02. The molecule has 0 aliphatic heterocycles. The first-order valence-electron chi connectivity index (χ1n) is 4.54. The fraction of sp³-hybridized carbons (Fsp3) is 0.455. The van der Waals surface area contributed by atoms with Crippen molar-refractivity contribution >= 4 is 0 Å². The highest BCUT2D eigenvalue weighted by Crippen LogP contribution is 2.16. The SMILES string of the molecule is CCc1ccc([C@H](O)CC)cc1. The summed E-state index contributed by atoms with van der Waals surface area (Å²) in [5.74, 6) is 0. The number of aliphatic hydroxyl groups excluding tert-OH is 1. The Morgan fingerprint density at radius 1 is 1.17 bits per heavy atom. The number of aliphatic hydroxyl groups is 1. The van der Waals surface area contributed by atoms with Crippen molar-refractivity contribution in [2.75, 3.05) is 0 Å². The van der Waals surface area contributed by atoms with Crippen molar-refractivity contribution < 1.29 is 5.11 Å². The number of aryl methyl sites for hydroxylation is 1. The zero-order valence-corrected chi connectivity index (χ0v) is 7.75. The first kappa shape index (κ1) is 9.27. The van der Waals surface area contributed by atoms with Gasteiger partial charge in [0.2, 0.25) is 0 Å². The van der Waals surface area contributed by atoms with Gasteiger partial charge in [-0.1, -0.05) is 38.1 Å². The first-order chi connectivity index (χ1) is 5.77. The fourth-order valence-electron chi connectivity index (χ4n) is 1.21. The highest BCUT2D eigenvalue weighted by molar-refractivity contribution is 5.23. The minimum Gasteiger partial charge on any atom is -0.388 e. The highest BCUT2D eigenvalue weighted by Gasteiger charge is 2.02. The van der Waals surface area contributed by atoms with E-state index in [4.69, 9.17) is 0 Å². The molecule has 0 radical (unpaired) electrons. The van der Waals surface area contributed by atoms with E-state index in [2.05, 4.69) is 19.1 Å². The molecule has 0 saturated carbocycles. The van der Waals surface area contributed by atoms with Crippen LogP contribution >= 0.6 is 0 Å². The van der Waals surface area contributed by atoms with Crippen LogP contribution in [0.1, 0.15) is 37.5 Å². The van der Waals surface area contributed by atoms with E-state index in [1.807, 2.05) is 19.1 Å². The molecule has 12 heavy (non-hydrogen) atoms. The molecule has 1 aromatic rings. The van der Waals surface area contributed by atoms with Crippen molar-refractivity contribution in [2.24, 2.45) is 0 Å². The Hall–Kier alpha value is -0.820. The molecular weight excluding hydrogens is 148 g/mol. The van der Waals surface area contributed by atoms with Gasteiger partial charge in [-0.15, -0.1) is 0 Å². The maximum atomic E-state index is 9.49. The Bertz CT molecular complexity index is 225. The molecule has 1 rings (SSSR count).